The minimum absolute atomic E-state index is 0.133. The highest BCUT2D eigenvalue weighted by Gasteiger charge is 2.60. The number of hydrogen-bond donors (Lipinski definition) is 1. The molecule has 0 aliphatic carbocycles. The first-order chi connectivity index (χ1) is 26.4. The van der Waals surface area contributed by atoms with Crippen LogP contribution in [0, 0.1) is 23.7 Å². The molecule has 1 N–H and O–H groups in total. The van der Waals surface area contributed by atoms with Crippen LogP contribution in [0.2, 0.25) is 0 Å². The van der Waals surface area contributed by atoms with Crippen LogP contribution in [0.4, 0.5) is 4.79 Å². The smallest absolute Gasteiger partial charge is 0.410 e. The third-order valence-electron chi connectivity index (χ3n) is 12.9. The van der Waals surface area contributed by atoms with Crippen molar-refractivity contribution in [1.82, 2.24) is 14.4 Å². The Hall–Kier alpha value is -3.36. The molecular weight excluding hydrogens is 718 g/mol. The quantitative estimate of drug-likeness (QED) is 0.182. The fraction of sp³-hybridized carbons (Fsp3) is 0.721. The van der Waals surface area contributed by atoms with E-state index in [9.17, 15) is 24.3 Å². The molecule has 0 spiro atoms. The molecule has 1 aromatic heterocycles. The van der Waals surface area contributed by atoms with Gasteiger partial charge >= 0.3 is 12.1 Å². The number of methoxy groups -OCH3 is 1. The van der Waals surface area contributed by atoms with Crippen LogP contribution in [0.25, 0.3) is 10.9 Å². The molecule has 56 heavy (non-hydrogen) atoms. The number of rotatable bonds is 10. The molecule has 3 saturated heterocycles. The van der Waals surface area contributed by atoms with Gasteiger partial charge in [0.05, 0.1) is 23.9 Å². The number of esters is 1. The predicted octanol–water partition coefficient (Wildman–Crippen LogP) is 5.63. The third-order valence-corrected chi connectivity index (χ3v) is 12.9. The first-order valence-corrected chi connectivity index (χ1v) is 20.4. The molecule has 1 amide bonds. The number of Topliss-reactive ketones (excluding diaryl/α,β-unsaturated/α-hetero) is 2. The second kappa shape index (κ2) is 17.6. The zero-order valence-corrected chi connectivity index (χ0v) is 35.2. The number of ether oxygens (including phenoxy) is 5. The van der Waals surface area contributed by atoms with Gasteiger partial charge in [0.1, 0.15) is 23.9 Å². The molecule has 5 rings (SSSR count). The molecule has 0 unspecified atom stereocenters. The lowest BCUT2D eigenvalue weighted by Gasteiger charge is -2.47. The number of carbonyl (C=O) groups excluding carboxylic acids is 4. The van der Waals surface area contributed by atoms with Gasteiger partial charge in [0.25, 0.3) is 0 Å². The van der Waals surface area contributed by atoms with Crippen molar-refractivity contribution in [3.05, 3.63) is 36.5 Å². The maximum atomic E-state index is 14.7. The van der Waals surface area contributed by atoms with Crippen LogP contribution in [0.1, 0.15) is 87.5 Å². The van der Waals surface area contributed by atoms with Gasteiger partial charge in [0.15, 0.2) is 17.7 Å². The molecule has 3 aliphatic rings. The monoisotopic (exact) mass is 783 g/mol. The number of nitrogens with zero attached hydrogens (tertiary/aromatic N) is 3. The van der Waals surface area contributed by atoms with Gasteiger partial charge in [0, 0.05) is 55.7 Å². The minimum atomic E-state index is -1.38. The SMILES string of the molecule is CC[C@H]1OC(=O)[C@H](C)C(=O)[C@H](C)[C@@H](O[C@@H]2O[C@H](C)C[C@H](N(C)C)[C@H]2O)[C@](C)(OC)C[C@@H](C)C(=O)[C@H](C)[C@H]2N(CCCCn3ccc4ccccc43)C(=O)O[C@]12C. The Labute approximate surface area is 332 Å². The van der Waals surface area contributed by atoms with E-state index in [0.717, 1.165) is 23.9 Å². The van der Waals surface area contributed by atoms with E-state index in [1.807, 2.05) is 58.8 Å². The lowest BCUT2D eigenvalue weighted by Crippen LogP contribution is -2.60. The van der Waals surface area contributed by atoms with Crippen molar-refractivity contribution in [2.45, 2.75) is 148 Å². The lowest BCUT2D eigenvalue weighted by atomic mass is 9.73. The van der Waals surface area contributed by atoms with Gasteiger partial charge < -0.3 is 43.2 Å². The number of fused-ring (bicyclic) bond motifs is 2. The van der Waals surface area contributed by atoms with Crippen molar-refractivity contribution < 1.29 is 48.0 Å². The fourth-order valence-electron chi connectivity index (χ4n) is 9.61. The van der Waals surface area contributed by atoms with E-state index in [4.69, 9.17) is 23.7 Å². The van der Waals surface area contributed by atoms with Crippen molar-refractivity contribution in [2.24, 2.45) is 23.7 Å². The van der Waals surface area contributed by atoms with Gasteiger partial charge in [-0.2, -0.15) is 0 Å². The Morgan fingerprint density at radius 1 is 0.946 bits per heavy atom. The summed E-state index contributed by atoms with van der Waals surface area (Å²) in [6, 6.07) is 9.23. The van der Waals surface area contributed by atoms with E-state index in [2.05, 4.69) is 29.0 Å². The summed E-state index contributed by atoms with van der Waals surface area (Å²) in [5.41, 5.74) is -1.50. The lowest BCUT2D eigenvalue weighted by molar-refractivity contribution is -0.295. The molecule has 0 radical (unpaired) electrons. The molecule has 13 atom stereocenters. The Kier molecular flexibility index (Phi) is 13.8. The summed E-state index contributed by atoms with van der Waals surface area (Å²) in [5.74, 6) is -4.85. The Morgan fingerprint density at radius 2 is 1.62 bits per heavy atom. The summed E-state index contributed by atoms with van der Waals surface area (Å²) in [6.07, 6.45) is -0.466. The third kappa shape index (κ3) is 8.57. The average molecular weight is 784 g/mol. The van der Waals surface area contributed by atoms with Crippen LogP contribution >= 0.6 is 0 Å². The second-order valence-corrected chi connectivity index (χ2v) is 17.2. The Bertz CT molecular complexity index is 1710. The highest BCUT2D eigenvalue weighted by molar-refractivity contribution is 6.00. The van der Waals surface area contributed by atoms with E-state index in [1.165, 1.54) is 14.0 Å². The van der Waals surface area contributed by atoms with E-state index >= 15 is 0 Å². The standard InChI is InChI=1S/C43H65N3O10/c1-12-33-43(8)37(46(41(51)56-43)21-16-15-20-45-22-19-30-17-13-14-18-31(30)45)27(4)34(47)25(2)24-42(7,52-11)38(28(5)35(48)29(6)39(50)54-33)55-40-36(49)32(44(9)10)23-26(3)53-40/h13-14,17-19,22,25-29,32-33,36-38,40,49H,12,15-16,20-21,23-24H2,1-11H3/t25-,26-,27+,28+,29-,32+,33-,36-,37-,38-,40+,42-,43-/m1/s1. The first kappa shape index (κ1) is 43.8. The number of para-hydroxylation sites is 1. The van der Waals surface area contributed by atoms with Gasteiger partial charge in [-0.1, -0.05) is 45.9 Å². The highest BCUT2D eigenvalue weighted by Crippen LogP contribution is 2.43. The van der Waals surface area contributed by atoms with Gasteiger partial charge in [-0.05, 0) is 91.4 Å². The first-order valence-electron chi connectivity index (χ1n) is 20.4. The number of aryl methyl sites for hydroxylation is 1. The number of unbranched alkanes of at least 4 members (excludes halogenated alkanes) is 1. The molecule has 13 heteroatoms. The van der Waals surface area contributed by atoms with E-state index < -0.39 is 83.4 Å². The number of cyclic esters (lactones) is 1. The second-order valence-electron chi connectivity index (χ2n) is 17.2. The molecule has 4 heterocycles. The van der Waals surface area contributed by atoms with Crippen molar-refractivity contribution in [2.75, 3.05) is 27.7 Å². The summed E-state index contributed by atoms with van der Waals surface area (Å²) in [6.45, 7) is 15.1. The molecule has 0 saturated carbocycles. The zero-order chi connectivity index (χ0) is 41.3. The Morgan fingerprint density at radius 3 is 2.29 bits per heavy atom. The number of carbonyl (C=O) groups is 4. The summed E-state index contributed by atoms with van der Waals surface area (Å²) in [7, 11) is 5.26. The molecule has 13 nitrogen and oxygen atoms in total. The van der Waals surface area contributed by atoms with Gasteiger partial charge in [-0.25, -0.2) is 4.79 Å². The molecule has 3 aliphatic heterocycles. The van der Waals surface area contributed by atoms with E-state index in [1.54, 1.807) is 25.7 Å². The van der Waals surface area contributed by atoms with Crippen molar-refractivity contribution >= 4 is 34.5 Å². The molecule has 1 aromatic carbocycles. The molecule has 312 valence electrons. The van der Waals surface area contributed by atoms with Crippen LogP contribution < -0.4 is 0 Å². The topological polar surface area (TPSA) is 146 Å². The molecule has 0 bridgehead atoms. The molecule has 3 fully saturated rings. The van der Waals surface area contributed by atoms with E-state index in [-0.39, 0.29) is 30.8 Å². The van der Waals surface area contributed by atoms with Crippen molar-refractivity contribution in [3.8, 4) is 0 Å². The Balaban J connectivity index is 1.46. The van der Waals surface area contributed by atoms with Gasteiger partial charge in [-0.3, -0.25) is 14.4 Å². The number of likely N-dealkylation sites (N-methyl/N-ethyl adjacent to an activating group) is 1. The number of benzene rings is 1. The number of hydrogen-bond acceptors (Lipinski definition) is 11. The summed E-state index contributed by atoms with van der Waals surface area (Å²) < 4.78 is 33.4. The van der Waals surface area contributed by atoms with Gasteiger partial charge in [-0.15, -0.1) is 0 Å². The minimum Gasteiger partial charge on any atom is -0.458 e. The van der Waals surface area contributed by atoms with E-state index in [0.29, 0.717) is 19.4 Å². The number of aromatic nitrogens is 1. The van der Waals surface area contributed by atoms with Crippen LogP contribution in [0.15, 0.2) is 36.5 Å². The predicted molar refractivity (Wildman–Crippen MR) is 211 cm³/mol. The maximum Gasteiger partial charge on any atom is 0.410 e. The van der Waals surface area contributed by atoms with Crippen LogP contribution in [0.5, 0.6) is 0 Å². The van der Waals surface area contributed by atoms with Crippen LogP contribution in [-0.2, 0) is 44.6 Å². The van der Waals surface area contributed by atoms with Gasteiger partial charge in [0.2, 0.25) is 0 Å². The normalized spacial score (nSPS) is 37.7. The van der Waals surface area contributed by atoms with Crippen LogP contribution in [-0.4, -0.2) is 125 Å². The number of aliphatic hydroxyl groups excluding tert-OH is 1. The highest BCUT2D eigenvalue weighted by atomic mass is 16.7. The number of amides is 1. The molecular formula is C43H65N3O10. The van der Waals surface area contributed by atoms with Crippen molar-refractivity contribution in [3.63, 3.8) is 0 Å². The maximum absolute atomic E-state index is 14.7. The fourth-order valence-corrected chi connectivity index (χ4v) is 9.61. The average Bonchev–Trinajstić information content (AvgIpc) is 3.70. The number of aliphatic hydroxyl groups is 1. The van der Waals surface area contributed by atoms with Crippen LogP contribution in [0.3, 0.4) is 0 Å². The zero-order valence-electron chi connectivity index (χ0n) is 35.2. The molecule has 2 aromatic rings. The largest absolute Gasteiger partial charge is 0.458 e. The summed E-state index contributed by atoms with van der Waals surface area (Å²) in [4.78, 5) is 60.3. The summed E-state index contributed by atoms with van der Waals surface area (Å²) in [5, 5.41) is 12.6. The summed E-state index contributed by atoms with van der Waals surface area (Å²) >= 11 is 0. The van der Waals surface area contributed by atoms with Crippen molar-refractivity contribution in [1.29, 1.82) is 0 Å². The number of ketones is 2.